The monoisotopic (exact) mass is 420 g/mol. The molecule has 3 heterocycles. The van der Waals surface area contributed by atoms with E-state index < -0.39 is 5.92 Å². The molecule has 0 spiro atoms. The van der Waals surface area contributed by atoms with Crippen molar-refractivity contribution in [2.24, 2.45) is 0 Å². The predicted molar refractivity (Wildman–Crippen MR) is 107 cm³/mol. The van der Waals surface area contributed by atoms with E-state index >= 15 is 0 Å². The Morgan fingerprint density at radius 2 is 2.08 bits per heavy atom. The van der Waals surface area contributed by atoms with Crippen LogP contribution in [-0.4, -0.2) is 15.8 Å². The van der Waals surface area contributed by atoms with Crippen LogP contribution in [0.4, 0.5) is 0 Å². The molecule has 130 valence electrons. The smallest absolute Gasteiger partial charge is 0.186 e. The molecule has 0 saturated carbocycles. The summed E-state index contributed by atoms with van der Waals surface area (Å²) in [7, 11) is 0. The van der Waals surface area contributed by atoms with Crippen LogP contribution in [0.1, 0.15) is 16.7 Å². The first-order valence-corrected chi connectivity index (χ1v) is 9.95. The molecule has 1 aliphatic rings. The van der Waals surface area contributed by atoms with Crippen molar-refractivity contribution in [1.82, 2.24) is 4.98 Å². The first-order chi connectivity index (χ1) is 12.5. The van der Waals surface area contributed by atoms with Gasteiger partial charge in [0, 0.05) is 17.1 Å². The molecular weight excluding hydrogens is 411 g/mol. The summed E-state index contributed by atoms with van der Waals surface area (Å²) in [6.45, 7) is 0. The number of carbonyl (C=O) groups is 1. The highest BCUT2D eigenvalue weighted by Crippen LogP contribution is 2.42. The fourth-order valence-corrected chi connectivity index (χ4v) is 4.77. The number of hydrogen-bond acceptors (Lipinski definition) is 6. The van der Waals surface area contributed by atoms with Crippen molar-refractivity contribution < 1.29 is 9.21 Å². The number of nitrogens with one attached hydrogen (secondary N) is 1. The van der Waals surface area contributed by atoms with Gasteiger partial charge >= 0.3 is 0 Å². The van der Waals surface area contributed by atoms with E-state index in [1.807, 2.05) is 6.07 Å². The zero-order chi connectivity index (χ0) is 18.3. The number of carbonyl (C=O) groups excluding carboxylic acids is 1. The normalized spacial score (nSPS) is 18.8. The van der Waals surface area contributed by atoms with Gasteiger partial charge in [0.15, 0.2) is 5.78 Å². The average Bonchev–Trinajstić information content (AvgIpc) is 3.33. The Morgan fingerprint density at radius 3 is 2.85 bits per heavy atom. The van der Waals surface area contributed by atoms with E-state index in [1.54, 1.807) is 41.9 Å². The number of aromatic nitrogens is 1. The Morgan fingerprint density at radius 1 is 1.23 bits per heavy atom. The van der Waals surface area contributed by atoms with E-state index in [1.165, 1.54) is 11.3 Å². The zero-order valence-corrected chi connectivity index (χ0v) is 16.2. The van der Waals surface area contributed by atoms with Gasteiger partial charge in [-0.1, -0.05) is 41.0 Å². The molecule has 0 unspecified atom stereocenters. The number of hydrogen-bond donors (Lipinski definition) is 1. The zero-order valence-electron chi connectivity index (χ0n) is 13.0. The fourth-order valence-electron chi connectivity index (χ4n) is 2.59. The summed E-state index contributed by atoms with van der Waals surface area (Å²) in [5, 5.41) is 11.7. The third kappa shape index (κ3) is 3.14. The lowest BCUT2D eigenvalue weighted by Crippen LogP contribution is -2.11. The van der Waals surface area contributed by atoms with E-state index in [9.17, 15) is 4.79 Å². The molecule has 0 aliphatic carbocycles. The van der Waals surface area contributed by atoms with E-state index in [-0.39, 0.29) is 10.8 Å². The molecule has 2 aromatic heterocycles. The van der Waals surface area contributed by atoms with Crippen LogP contribution in [0.25, 0.3) is 17.4 Å². The SMILES string of the molecule is N=C1S/C(=C\c2ccc(-c3cccc(Cl)c3Cl)o2)C(=O)[C@@H]1c1nccs1. The highest BCUT2D eigenvalue weighted by molar-refractivity contribution is 8.19. The number of Topliss-reactive ketones (excluding diaryl/α,β-unsaturated/α-hetero) is 1. The Balaban J connectivity index is 1.64. The number of ketones is 1. The van der Waals surface area contributed by atoms with Crippen molar-refractivity contribution >= 4 is 63.2 Å². The van der Waals surface area contributed by atoms with Crippen LogP contribution in [0.5, 0.6) is 0 Å². The molecule has 1 atom stereocenters. The summed E-state index contributed by atoms with van der Waals surface area (Å²) >= 11 is 14.8. The van der Waals surface area contributed by atoms with Crippen LogP contribution in [-0.2, 0) is 4.79 Å². The van der Waals surface area contributed by atoms with Crippen molar-refractivity contribution in [2.75, 3.05) is 0 Å². The lowest BCUT2D eigenvalue weighted by Gasteiger charge is -2.02. The molecule has 0 radical (unpaired) electrons. The molecule has 4 nitrogen and oxygen atoms in total. The first-order valence-electron chi connectivity index (χ1n) is 7.50. The molecule has 1 aliphatic heterocycles. The largest absolute Gasteiger partial charge is 0.457 e. The van der Waals surface area contributed by atoms with Crippen LogP contribution in [0.15, 0.2) is 51.2 Å². The van der Waals surface area contributed by atoms with Gasteiger partial charge < -0.3 is 4.42 Å². The van der Waals surface area contributed by atoms with Gasteiger partial charge in [0.05, 0.1) is 20.0 Å². The van der Waals surface area contributed by atoms with Gasteiger partial charge in [-0.25, -0.2) is 4.98 Å². The second-order valence-corrected chi connectivity index (χ2v) is 8.24. The minimum absolute atomic E-state index is 0.131. The lowest BCUT2D eigenvalue weighted by atomic mass is 10.1. The Hall–Kier alpha value is -1.86. The summed E-state index contributed by atoms with van der Waals surface area (Å²) in [6, 6.07) is 8.84. The standard InChI is InChI=1S/C18H10Cl2N2O2S2/c19-11-3-1-2-10(15(11)20)12-5-4-9(24-12)8-13-16(23)14(17(21)26-13)18-22-6-7-25-18/h1-8,14,21H/b13-8-,21-17?/t14-/m0/s1. The number of allylic oxidation sites excluding steroid dienone is 1. The van der Waals surface area contributed by atoms with E-state index in [4.69, 9.17) is 33.0 Å². The number of thiazole rings is 1. The first kappa shape index (κ1) is 17.5. The summed E-state index contributed by atoms with van der Waals surface area (Å²) in [5.74, 6) is 0.336. The lowest BCUT2D eigenvalue weighted by molar-refractivity contribution is -0.114. The molecular formula is C18H10Cl2N2O2S2. The molecule has 4 rings (SSSR count). The van der Waals surface area contributed by atoms with Gasteiger partial charge in [-0.2, -0.15) is 0 Å². The van der Waals surface area contributed by atoms with Crippen molar-refractivity contribution in [3.63, 3.8) is 0 Å². The van der Waals surface area contributed by atoms with E-state index in [2.05, 4.69) is 4.98 Å². The maximum absolute atomic E-state index is 12.7. The van der Waals surface area contributed by atoms with Crippen LogP contribution < -0.4 is 0 Å². The maximum atomic E-state index is 12.7. The van der Waals surface area contributed by atoms with Crippen LogP contribution in [0.3, 0.4) is 0 Å². The number of halogens is 2. The minimum atomic E-state index is -0.608. The number of benzene rings is 1. The molecule has 8 heteroatoms. The summed E-state index contributed by atoms with van der Waals surface area (Å²) in [5.41, 5.74) is 0.683. The second-order valence-electron chi connectivity index (χ2n) is 5.45. The number of furan rings is 1. The fraction of sp³-hybridized carbons (Fsp3) is 0.0556. The van der Waals surface area contributed by atoms with Crippen molar-refractivity contribution in [3.8, 4) is 11.3 Å². The van der Waals surface area contributed by atoms with Gasteiger partial charge in [-0.3, -0.25) is 10.2 Å². The maximum Gasteiger partial charge on any atom is 0.186 e. The summed E-state index contributed by atoms with van der Waals surface area (Å²) in [4.78, 5) is 17.3. The topological polar surface area (TPSA) is 67.0 Å². The average molecular weight is 421 g/mol. The molecule has 0 amide bonds. The third-order valence-electron chi connectivity index (χ3n) is 3.80. The molecule has 1 aromatic carbocycles. The van der Waals surface area contributed by atoms with Crippen molar-refractivity contribution in [2.45, 2.75) is 5.92 Å². The molecule has 1 N–H and O–H groups in total. The molecule has 3 aromatic rings. The predicted octanol–water partition coefficient (Wildman–Crippen LogP) is 6.13. The molecule has 1 fully saturated rings. The second kappa shape index (κ2) is 7.04. The highest BCUT2D eigenvalue weighted by atomic mass is 35.5. The van der Waals surface area contributed by atoms with Crippen LogP contribution in [0.2, 0.25) is 10.0 Å². The Bertz CT molecular complexity index is 1040. The quantitative estimate of drug-likeness (QED) is 0.517. The van der Waals surface area contributed by atoms with Crippen LogP contribution >= 0.6 is 46.3 Å². The van der Waals surface area contributed by atoms with Gasteiger partial charge in [-0.05, 0) is 30.3 Å². The number of rotatable bonds is 3. The summed E-state index contributed by atoms with van der Waals surface area (Å²) < 4.78 is 5.81. The molecule has 26 heavy (non-hydrogen) atoms. The van der Waals surface area contributed by atoms with E-state index in [0.29, 0.717) is 37.0 Å². The van der Waals surface area contributed by atoms with E-state index in [0.717, 1.165) is 11.8 Å². The third-order valence-corrected chi connectivity index (χ3v) is 6.46. The van der Waals surface area contributed by atoms with Gasteiger partial charge in [0.2, 0.25) is 0 Å². The van der Waals surface area contributed by atoms with Crippen LogP contribution in [0, 0.1) is 5.41 Å². The number of nitrogens with zero attached hydrogens (tertiary/aromatic N) is 1. The summed E-state index contributed by atoms with van der Waals surface area (Å²) in [6.07, 6.45) is 3.29. The highest BCUT2D eigenvalue weighted by Gasteiger charge is 2.38. The van der Waals surface area contributed by atoms with Gasteiger partial charge in [0.1, 0.15) is 22.4 Å². The Labute approximate surface area is 167 Å². The molecule has 1 saturated heterocycles. The van der Waals surface area contributed by atoms with Gasteiger partial charge in [0.25, 0.3) is 0 Å². The Kier molecular flexibility index (Phi) is 4.75. The van der Waals surface area contributed by atoms with Crippen molar-refractivity contribution in [1.29, 1.82) is 5.41 Å². The van der Waals surface area contributed by atoms with Gasteiger partial charge in [-0.15, -0.1) is 11.3 Å². The molecule has 0 bridgehead atoms. The number of thioether (sulfide) groups is 1. The minimum Gasteiger partial charge on any atom is -0.457 e. The van der Waals surface area contributed by atoms with Crippen molar-refractivity contribution in [3.05, 3.63) is 67.6 Å².